The lowest BCUT2D eigenvalue weighted by atomic mass is 9.86. The molecule has 1 heterocycles. The molecule has 0 atom stereocenters. The number of hydrogen-bond acceptors (Lipinski definition) is 5. The molecule has 1 saturated heterocycles. The third-order valence-corrected chi connectivity index (χ3v) is 1.86. The van der Waals surface area contributed by atoms with E-state index in [-0.39, 0.29) is 18.6 Å². The molecule has 1 fully saturated rings. The average Bonchev–Trinajstić information content (AvgIpc) is 2.28. The first-order chi connectivity index (χ1) is 7.74. The van der Waals surface area contributed by atoms with Gasteiger partial charge in [-0.2, -0.15) is 0 Å². The Morgan fingerprint density at radius 3 is 1.69 bits per heavy atom. The van der Waals surface area contributed by atoms with Crippen LogP contribution in [0.25, 0.3) is 20.9 Å². The summed E-state index contributed by atoms with van der Waals surface area (Å²) in [6, 6.07) is 0. The monoisotopic (exact) mass is 230 g/mol. The predicted octanol–water partition coefficient (Wildman–Crippen LogP) is 0.595. The van der Waals surface area contributed by atoms with Gasteiger partial charge in [-0.1, -0.05) is 10.2 Å². The van der Waals surface area contributed by atoms with Gasteiger partial charge in [0, 0.05) is 28.3 Å². The van der Waals surface area contributed by atoms with Crippen molar-refractivity contribution < 1.29 is 14.9 Å². The van der Waals surface area contributed by atoms with Crippen molar-refractivity contribution in [3.63, 3.8) is 0 Å². The molecule has 1 rings (SSSR count). The molecule has 1 aliphatic rings. The van der Waals surface area contributed by atoms with Crippen molar-refractivity contribution >= 4 is 0 Å². The first-order valence-electron chi connectivity index (χ1n) is 4.56. The fraction of sp³-hybridized carbons (Fsp3) is 1.00. The first kappa shape index (κ1) is 14.5. The van der Waals surface area contributed by atoms with Crippen LogP contribution in [0.4, 0.5) is 0 Å². The van der Waals surface area contributed by atoms with Gasteiger partial charge in [0.2, 0.25) is 0 Å². The van der Waals surface area contributed by atoms with Crippen LogP contribution in [0.1, 0.15) is 0 Å². The fourth-order valence-corrected chi connectivity index (χ4v) is 0.987. The molecule has 0 aromatic carbocycles. The highest BCUT2D eigenvalue weighted by Crippen LogP contribution is 2.28. The Balaban J connectivity index is 0.000000487. The summed E-state index contributed by atoms with van der Waals surface area (Å²) < 4.78 is 4.97. The highest BCUT2D eigenvalue weighted by Gasteiger charge is 2.37. The predicted molar refractivity (Wildman–Crippen MR) is 55.4 cm³/mol. The average molecular weight is 230 g/mol. The summed E-state index contributed by atoms with van der Waals surface area (Å²) in [7, 11) is 0. The molecule has 9 heteroatoms. The highest BCUT2D eigenvalue weighted by atomic mass is 16.5. The number of aliphatic hydroxyl groups excluding tert-OH is 2. The number of aliphatic hydroxyl groups is 2. The molecular formula is C7H14N6O3. The van der Waals surface area contributed by atoms with Crippen LogP contribution < -0.4 is 0 Å². The zero-order valence-corrected chi connectivity index (χ0v) is 8.73. The van der Waals surface area contributed by atoms with Crippen LogP contribution in [0.5, 0.6) is 0 Å². The molecule has 0 unspecified atom stereocenters. The standard InChI is InChI=1S/C5H8N6O.C2H6O2/c6-10-8-1-5(2-9-11-7)3-12-4-5;3-1-2-4/h1-4H2;3-4H,1-2H2. The van der Waals surface area contributed by atoms with Gasteiger partial charge in [0.25, 0.3) is 0 Å². The largest absolute Gasteiger partial charge is 0.394 e. The minimum atomic E-state index is -0.238. The van der Waals surface area contributed by atoms with Gasteiger partial charge in [0.05, 0.1) is 26.4 Å². The second-order valence-electron chi connectivity index (χ2n) is 3.22. The van der Waals surface area contributed by atoms with E-state index in [1.54, 1.807) is 0 Å². The van der Waals surface area contributed by atoms with Crippen LogP contribution in [0.2, 0.25) is 0 Å². The second kappa shape index (κ2) is 8.78. The lowest BCUT2D eigenvalue weighted by Gasteiger charge is -2.39. The van der Waals surface area contributed by atoms with Crippen molar-refractivity contribution in [2.75, 3.05) is 39.5 Å². The van der Waals surface area contributed by atoms with Crippen molar-refractivity contribution in [3.8, 4) is 0 Å². The van der Waals surface area contributed by atoms with Crippen molar-refractivity contribution in [3.05, 3.63) is 20.9 Å². The third kappa shape index (κ3) is 5.40. The van der Waals surface area contributed by atoms with Crippen molar-refractivity contribution in [1.29, 1.82) is 0 Å². The number of ether oxygens (including phenoxy) is 1. The van der Waals surface area contributed by atoms with Crippen LogP contribution >= 0.6 is 0 Å². The lowest BCUT2D eigenvalue weighted by Crippen LogP contribution is -2.47. The fourth-order valence-electron chi connectivity index (χ4n) is 0.987. The van der Waals surface area contributed by atoms with Crippen LogP contribution in [-0.4, -0.2) is 49.7 Å². The van der Waals surface area contributed by atoms with Gasteiger partial charge in [-0.3, -0.25) is 0 Å². The molecule has 0 amide bonds. The Bertz CT molecular complexity index is 256. The molecule has 2 N–H and O–H groups in total. The molecule has 90 valence electrons. The molecule has 1 aliphatic heterocycles. The van der Waals surface area contributed by atoms with Gasteiger partial charge in [0.15, 0.2) is 0 Å². The van der Waals surface area contributed by atoms with Gasteiger partial charge < -0.3 is 14.9 Å². The summed E-state index contributed by atoms with van der Waals surface area (Å²) in [5.74, 6) is 0. The topological polar surface area (TPSA) is 147 Å². The molecule has 0 radical (unpaired) electrons. The van der Waals surface area contributed by atoms with Crippen LogP contribution in [0, 0.1) is 5.41 Å². The molecular weight excluding hydrogens is 216 g/mol. The van der Waals surface area contributed by atoms with E-state index in [1.165, 1.54) is 0 Å². The summed E-state index contributed by atoms with van der Waals surface area (Å²) in [5.41, 5.74) is 15.9. The quantitative estimate of drug-likeness (QED) is 0.404. The Labute approximate surface area is 91.9 Å². The maximum atomic E-state index is 8.09. The van der Waals surface area contributed by atoms with E-state index in [0.29, 0.717) is 26.3 Å². The SMILES string of the molecule is OCCO.[N-]=[N+]=NCC1(CN=[N+]=[N-])COC1. The maximum Gasteiger partial charge on any atom is 0.0662 e. The molecule has 0 spiro atoms. The molecule has 0 aromatic rings. The molecule has 16 heavy (non-hydrogen) atoms. The number of azide groups is 2. The zero-order chi connectivity index (χ0) is 12.3. The summed E-state index contributed by atoms with van der Waals surface area (Å²) in [6.45, 7) is 1.43. The van der Waals surface area contributed by atoms with E-state index >= 15 is 0 Å². The minimum Gasteiger partial charge on any atom is -0.394 e. The van der Waals surface area contributed by atoms with Crippen LogP contribution in [0.3, 0.4) is 0 Å². The number of hydrogen-bond donors (Lipinski definition) is 2. The van der Waals surface area contributed by atoms with E-state index in [1.807, 2.05) is 0 Å². The second-order valence-corrected chi connectivity index (χ2v) is 3.22. The summed E-state index contributed by atoms with van der Waals surface area (Å²) in [4.78, 5) is 5.29. The van der Waals surface area contributed by atoms with Gasteiger partial charge >= 0.3 is 0 Å². The van der Waals surface area contributed by atoms with Gasteiger partial charge in [0.1, 0.15) is 0 Å². The van der Waals surface area contributed by atoms with Crippen molar-refractivity contribution in [2.24, 2.45) is 15.6 Å². The van der Waals surface area contributed by atoms with Crippen molar-refractivity contribution in [1.82, 2.24) is 0 Å². The van der Waals surface area contributed by atoms with Gasteiger partial charge in [-0.25, -0.2) is 0 Å². The van der Waals surface area contributed by atoms with E-state index < -0.39 is 0 Å². The number of nitrogens with zero attached hydrogens (tertiary/aromatic N) is 6. The molecule has 0 aliphatic carbocycles. The molecule has 0 aromatic heterocycles. The summed E-state index contributed by atoms with van der Waals surface area (Å²) >= 11 is 0. The van der Waals surface area contributed by atoms with Gasteiger partial charge in [-0.05, 0) is 11.1 Å². The van der Waals surface area contributed by atoms with Gasteiger partial charge in [-0.15, -0.1) is 0 Å². The van der Waals surface area contributed by atoms with E-state index in [9.17, 15) is 0 Å². The zero-order valence-electron chi connectivity index (χ0n) is 8.73. The lowest BCUT2D eigenvalue weighted by molar-refractivity contribution is -0.100. The third-order valence-electron chi connectivity index (χ3n) is 1.86. The number of rotatable bonds is 5. The van der Waals surface area contributed by atoms with Crippen molar-refractivity contribution in [2.45, 2.75) is 0 Å². The smallest absolute Gasteiger partial charge is 0.0662 e. The summed E-state index contributed by atoms with van der Waals surface area (Å²) in [5, 5.41) is 22.1. The Morgan fingerprint density at radius 2 is 1.50 bits per heavy atom. The van der Waals surface area contributed by atoms with Crippen LogP contribution in [-0.2, 0) is 4.74 Å². The Morgan fingerprint density at radius 1 is 1.06 bits per heavy atom. The Kier molecular flexibility index (Phi) is 7.96. The normalized spacial score (nSPS) is 15.6. The van der Waals surface area contributed by atoms with Crippen LogP contribution in [0.15, 0.2) is 10.2 Å². The Hall–Kier alpha value is -1.50. The molecule has 0 bridgehead atoms. The molecule has 9 nitrogen and oxygen atoms in total. The summed E-state index contributed by atoms with van der Waals surface area (Å²) in [6.07, 6.45) is 0. The first-order valence-corrected chi connectivity index (χ1v) is 4.56. The van der Waals surface area contributed by atoms with E-state index in [4.69, 9.17) is 26.0 Å². The minimum absolute atomic E-state index is 0.125. The maximum absolute atomic E-state index is 8.09. The molecule has 0 saturated carbocycles. The van der Waals surface area contributed by atoms with E-state index in [0.717, 1.165) is 0 Å². The highest BCUT2D eigenvalue weighted by molar-refractivity contribution is 4.89. The van der Waals surface area contributed by atoms with E-state index in [2.05, 4.69) is 20.1 Å².